The Labute approximate surface area is 169 Å². The Morgan fingerprint density at radius 3 is 2.79 bits per heavy atom. The lowest BCUT2D eigenvalue weighted by Crippen LogP contribution is -2.51. The first-order valence-corrected chi connectivity index (χ1v) is 12.1. The van der Waals surface area contributed by atoms with Gasteiger partial charge >= 0.3 is 0 Å². The molecule has 0 radical (unpaired) electrons. The fraction of sp³-hybridized carbons (Fsp3) is 0.789. The number of nitrogens with one attached hydrogen (secondary N) is 2. The van der Waals surface area contributed by atoms with E-state index in [0.717, 1.165) is 44.1 Å². The van der Waals surface area contributed by atoms with Crippen molar-refractivity contribution in [2.75, 3.05) is 43.1 Å². The normalized spacial score (nSPS) is 19.0. The lowest BCUT2D eigenvalue weighted by atomic mass is 9.90. The van der Waals surface area contributed by atoms with Crippen molar-refractivity contribution in [3.8, 4) is 0 Å². The number of sulfone groups is 1. The summed E-state index contributed by atoms with van der Waals surface area (Å²) in [6.07, 6.45) is 8.06. The molecule has 1 unspecified atom stereocenters. The number of aliphatic imine (C=N–C) groups is 1. The van der Waals surface area contributed by atoms with E-state index in [2.05, 4.69) is 41.4 Å². The molecule has 1 aliphatic rings. The number of anilines is 1. The van der Waals surface area contributed by atoms with Crippen LogP contribution in [0.3, 0.4) is 0 Å². The first-order chi connectivity index (χ1) is 13.1. The molecule has 8 nitrogen and oxygen atoms in total. The predicted molar refractivity (Wildman–Crippen MR) is 116 cm³/mol. The van der Waals surface area contributed by atoms with Gasteiger partial charge in [0.1, 0.15) is 9.84 Å². The minimum absolute atomic E-state index is 0.167. The summed E-state index contributed by atoms with van der Waals surface area (Å²) in [5.74, 6) is 0.996. The standard InChI is InChI=1S/C19H36N6O2S/c1-6-20-18(21-15-19(2,3)9-11-28(5,26)27)23-16-8-7-10-25(13-16)17-12-22-24(4)14-17/h12,14,16H,6-11,13,15H2,1-5H3,(H2,20,21,23). The molecular formula is C19H36N6O2S. The van der Waals surface area contributed by atoms with Gasteiger partial charge in [0, 0.05) is 51.7 Å². The Hall–Kier alpha value is -1.77. The molecule has 1 atom stereocenters. The zero-order chi connectivity index (χ0) is 20.8. The quantitative estimate of drug-likeness (QED) is 0.495. The number of rotatable bonds is 8. The minimum atomic E-state index is -2.95. The van der Waals surface area contributed by atoms with Gasteiger partial charge in [-0.3, -0.25) is 9.67 Å². The van der Waals surface area contributed by atoms with Crippen LogP contribution in [0.15, 0.2) is 17.4 Å². The van der Waals surface area contributed by atoms with Crippen LogP contribution < -0.4 is 15.5 Å². The highest BCUT2D eigenvalue weighted by atomic mass is 32.2. The molecule has 28 heavy (non-hydrogen) atoms. The molecule has 1 saturated heterocycles. The topological polar surface area (TPSA) is 91.6 Å². The summed E-state index contributed by atoms with van der Waals surface area (Å²) in [7, 11) is -1.02. The van der Waals surface area contributed by atoms with Crippen LogP contribution in [0.2, 0.25) is 0 Å². The smallest absolute Gasteiger partial charge is 0.191 e. The number of aromatic nitrogens is 2. The Bertz CT molecular complexity index is 756. The molecule has 2 heterocycles. The number of guanidine groups is 1. The van der Waals surface area contributed by atoms with E-state index in [1.807, 2.05) is 24.1 Å². The van der Waals surface area contributed by atoms with Crippen molar-refractivity contribution < 1.29 is 8.42 Å². The third-order valence-corrected chi connectivity index (χ3v) is 5.92. The Morgan fingerprint density at radius 1 is 1.43 bits per heavy atom. The van der Waals surface area contributed by atoms with Gasteiger partial charge in [0.25, 0.3) is 0 Å². The second kappa shape index (κ2) is 9.62. The summed E-state index contributed by atoms with van der Waals surface area (Å²) in [6, 6.07) is 0.311. The summed E-state index contributed by atoms with van der Waals surface area (Å²) in [4.78, 5) is 7.10. The van der Waals surface area contributed by atoms with E-state index in [-0.39, 0.29) is 11.2 Å². The second-order valence-corrected chi connectivity index (χ2v) is 10.8. The van der Waals surface area contributed by atoms with E-state index >= 15 is 0 Å². The van der Waals surface area contributed by atoms with Crippen molar-refractivity contribution in [3.05, 3.63) is 12.4 Å². The summed E-state index contributed by atoms with van der Waals surface area (Å²) >= 11 is 0. The molecule has 0 saturated carbocycles. The monoisotopic (exact) mass is 412 g/mol. The van der Waals surface area contributed by atoms with E-state index in [0.29, 0.717) is 19.0 Å². The zero-order valence-electron chi connectivity index (χ0n) is 17.9. The Morgan fingerprint density at radius 2 is 2.18 bits per heavy atom. The van der Waals surface area contributed by atoms with Crippen LogP contribution in [0.25, 0.3) is 0 Å². The third-order valence-electron chi connectivity index (χ3n) is 4.98. The fourth-order valence-corrected chi connectivity index (χ4v) is 4.17. The van der Waals surface area contributed by atoms with Crippen molar-refractivity contribution in [3.63, 3.8) is 0 Å². The number of hydrogen-bond donors (Lipinski definition) is 2. The van der Waals surface area contributed by atoms with Crippen molar-refractivity contribution >= 4 is 21.5 Å². The zero-order valence-corrected chi connectivity index (χ0v) is 18.7. The molecule has 1 aromatic rings. The second-order valence-electron chi connectivity index (χ2n) is 8.54. The number of piperidine rings is 1. The van der Waals surface area contributed by atoms with Crippen LogP contribution >= 0.6 is 0 Å². The van der Waals surface area contributed by atoms with E-state index in [1.54, 1.807) is 0 Å². The molecule has 1 aliphatic heterocycles. The number of aryl methyl sites for hydroxylation is 1. The van der Waals surface area contributed by atoms with Crippen molar-refractivity contribution in [2.45, 2.75) is 46.1 Å². The Kier molecular flexibility index (Phi) is 7.74. The summed E-state index contributed by atoms with van der Waals surface area (Å²) in [6.45, 7) is 9.50. The SMILES string of the molecule is CCNC(=NCC(C)(C)CCS(C)(=O)=O)NC1CCCN(c2cnn(C)c2)C1. The molecule has 1 aromatic heterocycles. The predicted octanol–water partition coefficient (Wildman–Crippen LogP) is 1.40. The molecule has 0 bridgehead atoms. The summed E-state index contributed by atoms with van der Waals surface area (Å²) < 4.78 is 24.7. The van der Waals surface area contributed by atoms with Gasteiger partial charge in [0.15, 0.2) is 5.96 Å². The summed E-state index contributed by atoms with van der Waals surface area (Å²) in [5.41, 5.74) is 0.984. The van der Waals surface area contributed by atoms with Gasteiger partial charge in [-0.05, 0) is 31.6 Å². The van der Waals surface area contributed by atoms with Gasteiger partial charge in [-0.1, -0.05) is 13.8 Å². The molecule has 0 aliphatic carbocycles. The first kappa shape index (κ1) is 22.5. The van der Waals surface area contributed by atoms with E-state index < -0.39 is 9.84 Å². The molecule has 0 amide bonds. The van der Waals surface area contributed by atoms with E-state index in [4.69, 9.17) is 4.99 Å². The van der Waals surface area contributed by atoms with Gasteiger partial charge < -0.3 is 15.5 Å². The molecule has 160 valence electrons. The molecule has 1 fully saturated rings. The van der Waals surface area contributed by atoms with Crippen molar-refractivity contribution in [1.82, 2.24) is 20.4 Å². The van der Waals surface area contributed by atoms with Crippen LogP contribution in [-0.2, 0) is 16.9 Å². The molecule has 2 rings (SSSR count). The lowest BCUT2D eigenvalue weighted by Gasteiger charge is -2.34. The molecule has 0 spiro atoms. The minimum Gasteiger partial charge on any atom is -0.367 e. The van der Waals surface area contributed by atoms with Gasteiger partial charge in [-0.25, -0.2) is 8.42 Å². The highest BCUT2D eigenvalue weighted by molar-refractivity contribution is 7.90. The molecule has 0 aromatic carbocycles. The summed E-state index contributed by atoms with van der Waals surface area (Å²) in [5, 5.41) is 11.2. The van der Waals surface area contributed by atoms with Crippen LogP contribution in [0, 0.1) is 5.41 Å². The first-order valence-electron chi connectivity index (χ1n) is 10.0. The van der Waals surface area contributed by atoms with Gasteiger partial charge in [-0.2, -0.15) is 5.10 Å². The van der Waals surface area contributed by atoms with Crippen molar-refractivity contribution in [1.29, 1.82) is 0 Å². The average Bonchev–Trinajstić information content (AvgIpc) is 3.05. The molecule has 2 N–H and O–H groups in total. The third kappa shape index (κ3) is 7.69. The number of nitrogens with zero attached hydrogens (tertiary/aromatic N) is 4. The van der Waals surface area contributed by atoms with Crippen LogP contribution in [0.1, 0.15) is 40.0 Å². The van der Waals surface area contributed by atoms with E-state index in [1.165, 1.54) is 6.26 Å². The van der Waals surface area contributed by atoms with Crippen LogP contribution in [0.4, 0.5) is 5.69 Å². The maximum atomic E-state index is 11.5. The van der Waals surface area contributed by atoms with Gasteiger partial charge in [0.2, 0.25) is 0 Å². The number of hydrogen-bond acceptors (Lipinski definition) is 5. The maximum absolute atomic E-state index is 11.5. The van der Waals surface area contributed by atoms with Crippen LogP contribution in [-0.4, -0.2) is 68.4 Å². The van der Waals surface area contributed by atoms with Crippen LogP contribution in [0.5, 0.6) is 0 Å². The average molecular weight is 413 g/mol. The van der Waals surface area contributed by atoms with E-state index in [9.17, 15) is 8.42 Å². The molecule has 9 heteroatoms. The van der Waals surface area contributed by atoms with Crippen molar-refractivity contribution in [2.24, 2.45) is 17.5 Å². The largest absolute Gasteiger partial charge is 0.367 e. The highest BCUT2D eigenvalue weighted by Gasteiger charge is 2.23. The maximum Gasteiger partial charge on any atom is 0.191 e. The lowest BCUT2D eigenvalue weighted by molar-refractivity contribution is 0.364. The van der Waals surface area contributed by atoms with Gasteiger partial charge in [0.05, 0.1) is 17.6 Å². The van der Waals surface area contributed by atoms with Gasteiger partial charge in [-0.15, -0.1) is 0 Å². The Balaban J connectivity index is 1.96. The molecular weight excluding hydrogens is 376 g/mol. The highest BCUT2D eigenvalue weighted by Crippen LogP contribution is 2.22. The fourth-order valence-electron chi connectivity index (χ4n) is 3.25.